The van der Waals surface area contributed by atoms with Crippen LogP contribution in [0.15, 0.2) is 22.7 Å². The smallest absolute Gasteiger partial charge is 0.339 e. The molecule has 0 N–H and O–H groups in total. The maximum Gasteiger partial charge on any atom is 0.339 e. The summed E-state index contributed by atoms with van der Waals surface area (Å²) in [6.45, 7) is 0. The van der Waals surface area contributed by atoms with Crippen molar-refractivity contribution in [3.63, 3.8) is 0 Å². The first-order valence-electron chi connectivity index (χ1n) is 3.53. The molecule has 0 heterocycles. The molecule has 3 heteroatoms. The molecule has 0 aromatic heterocycles. The minimum atomic E-state index is -0.416. The Hall–Kier alpha value is -1.27. The van der Waals surface area contributed by atoms with Gasteiger partial charge in [-0.1, -0.05) is 21.9 Å². The average Bonchev–Trinajstić information content (AvgIpc) is 2.16. The van der Waals surface area contributed by atoms with Crippen molar-refractivity contribution >= 4 is 21.9 Å². The molecular formula is C10H7BrO2. The molecule has 0 atom stereocenters. The summed E-state index contributed by atoms with van der Waals surface area (Å²) in [5.74, 6) is 2.00. The van der Waals surface area contributed by atoms with Crippen LogP contribution in [0.5, 0.6) is 0 Å². The molecule has 0 saturated heterocycles. The van der Waals surface area contributed by atoms with E-state index in [1.807, 2.05) is 0 Å². The summed E-state index contributed by atoms with van der Waals surface area (Å²) in [6, 6.07) is 5.07. The van der Waals surface area contributed by atoms with Crippen LogP contribution in [0.3, 0.4) is 0 Å². The fourth-order valence-corrected chi connectivity index (χ4v) is 1.28. The summed E-state index contributed by atoms with van der Waals surface area (Å²) < 4.78 is 5.41. The second kappa shape index (κ2) is 4.11. The highest BCUT2D eigenvalue weighted by atomic mass is 79.9. The van der Waals surface area contributed by atoms with E-state index in [4.69, 9.17) is 6.42 Å². The zero-order chi connectivity index (χ0) is 9.84. The standard InChI is InChI=1S/C10H7BrO2/c1-3-7-6-8(11)4-5-9(7)10(12)13-2/h1,4-6H,2H3. The van der Waals surface area contributed by atoms with Crippen LogP contribution in [0.4, 0.5) is 0 Å². The van der Waals surface area contributed by atoms with Gasteiger partial charge in [-0.2, -0.15) is 0 Å². The highest BCUT2D eigenvalue weighted by Gasteiger charge is 2.09. The van der Waals surface area contributed by atoms with E-state index in [9.17, 15) is 4.79 Å². The maximum absolute atomic E-state index is 11.2. The molecule has 0 aliphatic carbocycles. The summed E-state index contributed by atoms with van der Waals surface area (Å²) >= 11 is 3.26. The molecule has 0 aliphatic heterocycles. The number of esters is 1. The fourth-order valence-electron chi connectivity index (χ4n) is 0.924. The zero-order valence-corrected chi connectivity index (χ0v) is 8.59. The van der Waals surface area contributed by atoms with E-state index in [1.165, 1.54) is 7.11 Å². The van der Waals surface area contributed by atoms with Crippen LogP contribution in [0.2, 0.25) is 0 Å². The van der Waals surface area contributed by atoms with Crippen molar-refractivity contribution in [3.8, 4) is 12.3 Å². The molecule has 13 heavy (non-hydrogen) atoms. The number of carbonyl (C=O) groups is 1. The molecule has 1 aromatic carbocycles. The lowest BCUT2D eigenvalue weighted by molar-refractivity contribution is 0.0600. The van der Waals surface area contributed by atoms with Gasteiger partial charge < -0.3 is 4.74 Å². The molecule has 2 nitrogen and oxygen atoms in total. The Kier molecular flexibility index (Phi) is 3.10. The lowest BCUT2D eigenvalue weighted by atomic mass is 10.1. The Morgan fingerprint density at radius 2 is 2.31 bits per heavy atom. The van der Waals surface area contributed by atoms with E-state index in [2.05, 4.69) is 26.6 Å². The Bertz CT molecular complexity index is 377. The number of hydrogen-bond acceptors (Lipinski definition) is 2. The van der Waals surface area contributed by atoms with E-state index >= 15 is 0 Å². The maximum atomic E-state index is 11.2. The van der Waals surface area contributed by atoms with Gasteiger partial charge in [0.15, 0.2) is 0 Å². The molecule has 0 amide bonds. The van der Waals surface area contributed by atoms with Gasteiger partial charge in [0.2, 0.25) is 0 Å². The van der Waals surface area contributed by atoms with Crippen LogP contribution in [0.25, 0.3) is 0 Å². The second-order valence-electron chi connectivity index (χ2n) is 2.33. The first-order valence-corrected chi connectivity index (χ1v) is 4.33. The van der Waals surface area contributed by atoms with Gasteiger partial charge in [-0.05, 0) is 18.2 Å². The number of hydrogen-bond donors (Lipinski definition) is 0. The van der Waals surface area contributed by atoms with Crippen molar-refractivity contribution in [3.05, 3.63) is 33.8 Å². The largest absolute Gasteiger partial charge is 0.465 e. The molecule has 0 saturated carbocycles. The van der Waals surface area contributed by atoms with Gasteiger partial charge in [0.1, 0.15) is 0 Å². The van der Waals surface area contributed by atoms with E-state index in [1.54, 1.807) is 18.2 Å². The number of terminal acetylenes is 1. The zero-order valence-electron chi connectivity index (χ0n) is 7.00. The van der Waals surface area contributed by atoms with Crippen LogP contribution in [-0.4, -0.2) is 13.1 Å². The summed E-state index contributed by atoms with van der Waals surface area (Å²) in [5, 5.41) is 0. The molecule has 0 aliphatic rings. The van der Waals surface area contributed by atoms with Crippen LogP contribution >= 0.6 is 15.9 Å². The lowest BCUT2D eigenvalue weighted by Crippen LogP contribution is -2.03. The van der Waals surface area contributed by atoms with E-state index in [0.717, 1.165) is 4.47 Å². The number of rotatable bonds is 1. The van der Waals surface area contributed by atoms with Crippen molar-refractivity contribution < 1.29 is 9.53 Å². The molecule has 66 valence electrons. The molecular weight excluding hydrogens is 232 g/mol. The number of carbonyl (C=O) groups excluding carboxylic acids is 1. The third-order valence-electron chi connectivity index (χ3n) is 1.54. The predicted molar refractivity (Wildman–Crippen MR) is 53.4 cm³/mol. The normalized spacial score (nSPS) is 9.00. The van der Waals surface area contributed by atoms with E-state index < -0.39 is 5.97 Å². The lowest BCUT2D eigenvalue weighted by Gasteiger charge is -2.02. The SMILES string of the molecule is C#Cc1cc(Br)ccc1C(=O)OC. The van der Waals surface area contributed by atoms with Gasteiger partial charge in [-0.25, -0.2) is 4.79 Å². The Morgan fingerprint density at radius 1 is 1.62 bits per heavy atom. The monoisotopic (exact) mass is 238 g/mol. The third kappa shape index (κ3) is 2.10. The van der Waals surface area contributed by atoms with Crippen molar-refractivity contribution in [1.82, 2.24) is 0 Å². The topological polar surface area (TPSA) is 26.3 Å². The van der Waals surface area contributed by atoms with Gasteiger partial charge in [0, 0.05) is 10.0 Å². The molecule has 1 rings (SSSR count). The minimum absolute atomic E-state index is 0.410. The van der Waals surface area contributed by atoms with Crippen LogP contribution in [0.1, 0.15) is 15.9 Å². The summed E-state index contributed by atoms with van der Waals surface area (Å²) in [7, 11) is 1.32. The Labute approximate surface area is 85.0 Å². The van der Waals surface area contributed by atoms with E-state index in [-0.39, 0.29) is 0 Å². The molecule has 0 bridgehead atoms. The third-order valence-corrected chi connectivity index (χ3v) is 2.04. The van der Waals surface area contributed by atoms with Crippen molar-refractivity contribution in [1.29, 1.82) is 0 Å². The van der Waals surface area contributed by atoms with Crippen molar-refractivity contribution in [2.75, 3.05) is 7.11 Å². The second-order valence-corrected chi connectivity index (χ2v) is 3.24. The number of methoxy groups -OCH3 is 1. The highest BCUT2D eigenvalue weighted by molar-refractivity contribution is 9.10. The molecule has 0 spiro atoms. The number of ether oxygens (including phenoxy) is 1. The first kappa shape index (κ1) is 9.82. The summed E-state index contributed by atoms with van der Waals surface area (Å²) in [5.41, 5.74) is 0.939. The van der Waals surface area contributed by atoms with Gasteiger partial charge in [-0.15, -0.1) is 6.42 Å². The van der Waals surface area contributed by atoms with Crippen LogP contribution in [-0.2, 0) is 4.74 Å². The Balaban J connectivity index is 3.23. The molecule has 0 unspecified atom stereocenters. The summed E-state index contributed by atoms with van der Waals surface area (Å²) in [4.78, 5) is 11.2. The Morgan fingerprint density at radius 3 is 2.85 bits per heavy atom. The van der Waals surface area contributed by atoms with Gasteiger partial charge in [0.05, 0.1) is 12.7 Å². The first-order chi connectivity index (χ1) is 6.19. The number of benzene rings is 1. The van der Waals surface area contributed by atoms with Gasteiger partial charge >= 0.3 is 5.97 Å². The molecule has 1 aromatic rings. The molecule has 0 radical (unpaired) electrons. The minimum Gasteiger partial charge on any atom is -0.465 e. The van der Waals surface area contributed by atoms with Crippen LogP contribution in [0, 0.1) is 12.3 Å². The van der Waals surface area contributed by atoms with Gasteiger partial charge in [0.25, 0.3) is 0 Å². The van der Waals surface area contributed by atoms with Crippen molar-refractivity contribution in [2.45, 2.75) is 0 Å². The fraction of sp³-hybridized carbons (Fsp3) is 0.100. The highest BCUT2D eigenvalue weighted by Crippen LogP contribution is 2.16. The predicted octanol–water partition coefficient (Wildman–Crippen LogP) is 2.22. The van der Waals surface area contributed by atoms with E-state index in [0.29, 0.717) is 11.1 Å². The summed E-state index contributed by atoms with van der Waals surface area (Å²) in [6.07, 6.45) is 5.23. The van der Waals surface area contributed by atoms with Gasteiger partial charge in [-0.3, -0.25) is 0 Å². The molecule has 0 fully saturated rings. The number of halogens is 1. The average molecular weight is 239 g/mol. The van der Waals surface area contributed by atoms with Crippen molar-refractivity contribution in [2.24, 2.45) is 0 Å². The quantitative estimate of drug-likeness (QED) is 0.554. The van der Waals surface area contributed by atoms with Crippen LogP contribution < -0.4 is 0 Å².